The molecular formula is C12H12Cl2N2O. The van der Waals surface area contributed by atoms with Gasteiger partial charge in [0.2, 0.25) is 0 Å². The number of nitrogen functional groups attached to an aromatic ring is 1. The van der Waals surface area contributed by atoms with Crippen LogP contribution in [0.1, 0.15) is 23.7 Å². The highest BCUT2D eigenvalue weighted by Crippen LogP contribution is 2.29. The Morgan fingerprint density at radius 3 is 2.76 bits per heavy atom. The van der Waals surface area contributed by atoms with E-state index in [1.807, 2.05) is 0 Å². The molecule has 0 radical (unpaired) electrons. The molecule has 3 N–H and O–H groups in total. The molecule has 17 heavy (non-hydrogen) atoms. The number of carbonyl (C=O) groups is 1. The van der Waals surface area contributed by atoms with Gasteiger partial charge < -0.3 is 11.1 Å². The lowest BCUT2D eigenvalue weighted by Crippen LogP contribution is -2.24. The van der Waals surface area contributed by atoms with Crippen LogP contribution in [-0.4, -0.2) is 12.5 Å². The second-order valence-corrected chi connectivity index (χ2v) is 4.08. The predicted octanol–water partition coefficient (Wildman–Crippen LogP) is 2.72. The largest absolute Gasteiger partial charge is 0.397 e. The first-order valence-electron chi connectivity index (χ1n) is 4.98. The Labute approximate surface area is 110 Å². The molecule has 0 unspecified atom stereocenters. The van der Waals surface area contributed by atoms with Gasteiger partial charge in [0.25, 0.3) is 5.91 Å². The fourth-order valence-electron chi connectivity index (χ4n) is 1.21. The predicted molar refractivity (Wildman–Crippen MR) is 71.3 cm³/mol. The van der Waals surface area contributed by atoms with Crippen LogP contribution < -0.4 is 11.1 Å². The van der Waals surface area contributed by atoms with Crippen LogP contribution in [0.2, 0.25) is 10.0 Å². The van der Waals surface area contributed by atoms with E-state index in [0.717, 1.165) is 0 Å². The molecule has 0 bridgehead atoms. The van der Waals surface area contributed by atoms with Gasteiger partial charge in [0.15, 0.2) is 0 Å². The van der Waals surface area contributed by atoms with Crippen molar-refractivity contribution in [2.45, 2.75) is 13.3 Å². The summed E-state index contributed by atoms with van der Waals surface area (Å²) in [6, 6.07) is 2.98. The standard InChI is InChI=1S/C12H12Cl2N2O/c1-2-3-4-5-16-12(17)8-6-9(13)11(14)10(15)7-8/h6-7H,4-5,15H2,1H3,(H,16,17). The van der Waals surface area contributed by atoms with Gasteiger partial charge in [-0.1, -0.05) is 23.2 Å². The molecule has 3 nitrogen and oxygen atoms in total. The van der Waals surface area contributed by atoms with Crippen LogP contribution in [-0.2, 0) is 0 Å². The minimum atomic E-state index is -0.242. The van der Waals surface area contributed by atoms with E-state index in [9.17, 15) is 4.79 Å². The summed E-state index contributed by atoms with van der Waals surface area (Å²) >= 11 is 11.6. The minimum Gasteiger partial charge on any atom is -0.397 e. The summed E-state index contributed by atoms with van der Waals surface area (Å²) in [5.41, 5.74) is 6.30. The Morgan fingerprint density at radius 1 is 1.47 bits per heavy atom. The maximum absolute atomic E-state index is 11.7. The molecule has 0 aliphatic carbocycles. The first kappa shape index (κ1) is 13.7. The summed E-state index contributed by atoms with van der Waals surface area (Å²) in [7, 11) is 0. The van der Waals surface area contributed by atoms with Crippen molar-refractivity contribution < 1.29 is 4.79 Å². The first-order valence-corrected chi connectivity index (χ1v) is 5.74. The van der Waals surface area contributed by atoms with E-state index in [1.54, 1.807) is 6.92 Å². The lowest BCUT2D eigenvalue weighted by Gasteiger charge is -2.06. The molecule has 5 heteroatoms. The summed E-state index contributed by atoms with van der Waals surface area (Å²) in [5, 5.41) is 3.24. The summed E-state index contributed by atoms with van der Waals surface area (Å²) < 4.78 is 0. The van der Waals surface area contributed by atoms with Gasteiger partial charge in [-0.05, 0) is 19.1 Å². The van der Waals surface area contributed by atoms with Gasteiger partial charge in [0.1, 0.15) is 0 Å². The fraction of sp³-hybridized carbons (Fsp3) is 0.250. The molecule has 0 spiro atoms. The van der Waals surface area contributed by atoms with Crippen LogP contribution in [0.15, 0.2) is 12.1 Å². The van der Waals surface area contributed by atoms with Gasteiger partial charge in [0.05, 0.1) is 15.7 Å². The zero-order valence-corrected chi connectivity index (χ0v) is 10.8. The van der Waals surface area contributed by atoms with Crippen LogP contribution >= 0.6 is 23.2 Å². The zero-order valence-electron chi connectivity index (χ0n) is 9.31. The van der Waals surface area contributed by atoms with Crippen LogP contribution in [0.3, 0.4) is 0 Å². The topological polar surface area (TPSA) is 55.1 Å². The number of amides is 1. The number of benzene rings is 1. The minimum absolute atomic E-state index is 0.242. The second-order valence-electron chi connectivity index (χ2n) is 3.29. The fourth-order valence-corrected chi connectivity index (χ4v) is 1.54. The van der Waals surface area contributed by atoms with E-state index in [1.165, 1.54) is 12.1 Å². The van der Waals surface area contributed by atoms with Crippen molar-refractivity contribution in [1.82, 2.24) is 5.32 Å². The third kappa shape index (κ3) is 3.85. The van der Waals surface area contributed by atoms with E-state index < -0.39 is 0 Å². The van der Waals surface area contributed by atoms with Gasteiger partial charge in [-0.25, -0.2) is 0 Å². The number of nitrogens with two attached hydrogens (primary N) is 1. The molecule has 0 heterocycles. The van der Waals surface area contributed by atoms with Gasteiger partial charge in [-0.15, -0.1) is 11.8 Å². The van der Waals surface area contributed by atoms with E-state index >= 15 is 0 Å². The molecule has 0 fully saturated rings. The lowest BCUT2D eigenvalue weighted by atomic mass is 10.2. The zero-order chi connectivity index (χ0) is 12.8. The molecule has 0 aliphatic rings. The Bertz CT molecular complexity index is 466. The number of hydrogen-bond acceptors (Lipinski definition) is 2. The summed E-state index contributed by atoms with van der Waals surface area (Å²) in [6.07, 6.45) is 0.610. The molecule has 0 atom stereocenters. The number of anilines is 1. The van der Waals surface area contributed by atoms with E-state index in [0.29, 0.717) is 18.5 Å². The monoisotopic (exact) mass is 270 g/mol. The number of rotatable bonds is 3. The average Bonchev–Trinajstić information content (AvgIpc) is 2.30. The van der Waals surface area contributed by atoms with Crippen molar-refractivity contribution in [3.8, 4) is 11.8 Å². The number of hydrogen-bond donors (Lipinski definition) is 2. The highest BCUT2D eigenvalue weighted by molar-refractivity contribution is 6.43. The number of nitrogens with one attached hydrogen (secondary N) is 1. The van der Waals surface area contributed by atoms with E-state index in [2.05, 4.69) is 17.2 Å². The van der Waals surface area contributed by atoms with Crippen molar-refractivity contribution in [1.29, 1.82) is 0 Å². The molecule has 90 valence electrons. The highest BCUT2D eigenvalue weighted by atomic mass is 35.5. The molecule has 0 aromatic heterocycles. The molecule has 0 saturated heterocycles. The van der Waals surface area contributed by atoms with Gasteiger partial charge in [0, 0.05) is 18.5 Å². The molecule has 1 aromatic carbocycles. The SMILES string of the molecule is CC#CCCNC(=O)c1cc(N)c(Cl)c(Cl)c1. The third-order valence-corrected chi connectivity index (χ3v) is 2.85. The maximum Gasteiger partial charge on any atom is 0.251 e. The van der Waals surface area contributed by atoms with Gasteiger partial charge >= 0.3 is 0 Å². The van der Waals surface area contributed by atoms with Crippen molar-refractivity contribution in [2.24, 2.45) is 0 Å². The Balaban J connectivity index is 2.72. The van der Waals surface area contributed by atoms with Gasteiger partial charge in [-0.2, -0.15) is 0 Å². The van der Waals surface area contributed by atoms with E-state index in [-0.39, 0.29) is 21.6 Å². The Kier molecular flexibility index (Phi) is 5.14. The number of carbonyl (C=O) groups excluding carboxylic acids is 1. The van der Waals surface area contributed by atoms with E-state index in [4.69, 9.17) is 28.9 Å². The van der Waals surface area contributed by atoms with Crippen molar-refractivity contribution in [2.75, 3.05) is 12.3 Å². The van der Waals surface area contributed by atoms with Crippen LogP contribution in [0.25, 0.3) is 0 Å². The van der Waals surface area contributed by atoms with Crippen molar-refractivity contribution in [3.05, 3.63) is 27.7 Å². The quantitative estimate of drug-likeness (QED) is 0.504. The summed E-state index contributed by atoms with van der Waals surface area (Å²) in [5.74, 6) is 5.35. The molecular weight excluding hydrogens is 259 g/mol. The van der Waals surface area contributed by atoms with Crippen LogP contribution in [0.4, 0.5) is 5.69 Å². The average molecular weight is 271 g/mol. The van der Waals surface area contributed by atoms with Crippen LogP contribution in [0.5, 0.6) is 0 Å². The van der Waals surface area contributed by atoms with Crippen LogP contribution in [0, 0.1) is 11.8 Å². The molecule has 1 aromatic rings. The first-order chi connectivity index (χ1) is 8.06. The Morgan fingerprint density at radius 2 is 2.18 bits per heavy atom. The van der Waals surface area contributed by atoms with Gasteiger partial charge in [-0.3, -0.25) is 4.79 Å². The number of halogens is 2. The maximum atomic E-state index is 11.7. The smallest absolute Gasteiger partial charge is 0.251 e. The molecule has 1 rings (SSSR count). The van der Waals surface area contributed by atoms with Crippen molar-refractivity contribution in [3.63, 3.8) is 0 Å². The summed E-state index contributed by atoms with van der Waals surface area (Å²) in [6.45, 7) is 2.24. The molecule has 1 amide bonds. The second kappa shape index (κ2) is 6.39. The van der Waals surface area contributed by atoms with Crippen molar-refractivity contribution >= 4 is 34.8 Å². The lowest BCUT2D eigenvalue weighted by molar-refractivity contribution is 0.0954. The highest BCUT2D eigenvalue weighted by Gasteiger charge is 2.10. The Hall–Kier alpha value is -1.37. The third-order valence-electron chi connectivity index (χ3n) is 2.03. The normalized spacial score (nSPS) is 9.35. The molecule has 0 aliphatic heterocycles. The summed E-state index contributed by atoms with van der Waals surface area (Å²) in [4.78, 5) is 11.7. The molecule has 0 saturated carbocycles.